The van der Waals surface area contributed by atoms with Gasteiger partial charge < -0.3 is 15.3 Å². The highest BCUT2D eigenvalue weighted by Crippen LogP contribution is 2.28. The van der Waals surface area contributed by atoms with E-state index in [9.17, 15) is 9.59 Å². The maximum Gasteiger partial charge on any atom is 0.344 e. The molecule has 10 heteroatoms. The first-order valence-electron chi connectivity index (χ1n) is 8.28. The number of aromatic nitrogens is 6. The summed E-state index contributed by atoms with van der Waals surface area (Å²) in [7, 11) is 0. The predicted octanol–water partition coefficient (Wildman–Crippen LogP) is 1.64. The first-order valence-corrected chi connectivity index (χ1v) is 8.28. The van der Waals surface area contributed by atoms with E-state index in [2.05, 4.69) is 35.7 Å². The number of carbonyl (C=O) groups is 1. The highest BCUT2D eigenvalue weighted by molar-refractivity contribution is 5.94. The molecule has 0 atom stereocenters. The van der Waals surface area contributed by atoms with Crippen LogP contribution in [-0.4, -0.2) is 42.3 Å². The Labute approximate surface area is 152 Å². The van der Waals surface area contributed by atoms with Crippen molar-refractivity contribution in [1.82, 2.24) is 35.0 Å². The minimum Gasteiger partial charge on any atom is -0.338 e. The number of carbonyl (C=O) groups excluding carboxylic acids is 1. The predicted molar refractivity (Wildman–Crippen MR) is 99.8 cm³/mol. The van der Waals surface area contributed by atoms with Crippen molar-refractivity contribution in [2.24, 2.45) is 0 Å². The van der Waals surface area contributed by atoms with Gasteiger partial charge in [-0.25, -0.2) is 24.2 Å². The van der Waals surface area contributed by atoms with Crippen LogP contribution in [0.25, 0.3) is 27.8 Å². The molecule has 10 nitrogen and oxygen atoms in total. The second kappa shape index (κ2) is 6.75. The number of anilines is 1. The van der Waals surface area contributed by atoms with E-state index in [-0.39, 0.29) is 6.03 Å². The molecule has 0 aliphatic carbocycles. The molecule has 0 saturated carbocycles. The maximum absolute atomic E-state index is 11.8. The lowest BCUT2D eigenvalue weighted by Gasteiger charge is -2.07. The van der Waals surface area contributed by atoms with E-state index >= 15 is 0 Å². The van der Waals surface area contributed by atoms with Gasteiger partial charge in [0.1, 0.15) is 5.52 Å². The molecule has 27 heavy (non-hydrogen) atoms. The van der Waals surface area contributed by atoms with Crippen LogP contribution < -0.4 is 16.3 Å². The minimum absolute atomic E-state index is 0.320. The molecule has 4 N–H and O–H groups in total. The Kier molecular flexibility index (Phi) is 4.13. The van der Waals surface area contributed by atoms with Crippen molar-refractivity contribution in [3.63, 3.8) is 0 Å². The molecule has 2 amide bonds. The van der Waals surface area contributed by atoms with Gasteiger partial charge in [0.2, 0.25) is 5.95 Å². The largest absolute Gasteiger partial charge is 0.344 e. The summed E-state index contributed by atoms with van der Waals surface area (Å²) in [6.45, 7) is 2.34. The summed E-state index contributed by atoms with van der Waals surface area (Å²) in [5.74, 6) is 0.320. The number of hydrogen-bond donors (Lipinski definition) is 4. The molecule has 0 fully saturated rings. The van der Waals surface area contributed by atoms with Crippen LogP contribution in [0.4, 0.5) is 10.7 Å². The molecule has 0 spiro atoms. The van der Waals surface area contributed by atoms with E-state index in [0.717, 1.165) is 16.8 Å². The first-order chi connectivity index (χ1) is 13.1. The smallest absolute Gasteiger partial charge is 0.338 e. The van der Waals surface area contributed by atoms with Crippen molar-refractivity contribution >= 4 is 23.0 Å². The van der Waals surface area contributed by atoms with E-state index in [4.69, 9.17) is 0 Å². The van der Waals surface area contributed by atoms with Crippen LogP contribution in [-0.2, 0) is 0 Å². The van der Waals surface area contributed by atoms with Gasteiger partial charge in [0, 0.05) is 36.9 Å². The van der Waals surface area contributed by atoms with Crippen LogP contribution in [0.15, 0.2) is 47.8 Å². The number of nitrogens with zero attached hydrogens (tertiary/aromatic N) is 4. The summed E-state index contributed by atoms with van der Waals surface area (Å²) in [5, 5.41) is 9.59. The monoisotopic (exact) mass is 364 g/mol. The van der Waals surface area contributed by atoms with Gasteiger partial charge >= 0.3 is 11.7 Å². The SMILES string of the molecule is CCNC(=O)Nc1nc2c(-n3cccn3)cc(-c3cnc(=O)[nH]c3)cc2[nH]1. The van der Waals surface area contributed by atoms with Crippen molar-refractivity contribution in [3.8, 4) is 16.8 Å². The standard InChI is InChI=1S/C17H16N8O2/c1-2-18-17(27)24-15-22-12-6-10(11-8-19-16(26)20-9-11)7-13(14(12)23-15)25-5-3-4-21-25/h3-9H,2H2,1H3,(H,19,20,26)(H3,18,22,23,24,27). The molecule has 136 valence electrons. The molecule has 0 aliphatic heterocycles. The summed E-state index contributed by atoms with van der Waals surface area (Å²) in [4.78, 5) is 36.9. The highest BCUT2D eigenvalue weighted by atomic mass is 16.2. The number of benzene rings is 1. The Morgan fingerprint density at radius 2 is 2.19 bits per heavy atom. The first kappa shape index (κ1) is 16.5. The molecule has 3 aromatic heterocycles. The molecule has 0 radical (unpaired) electrons. The van der Waals surface area contributed by atoms with E-state index in [1.165, 1.54) is 6.20 Å². The fraction of sp³-hybridized carbons (Fsp3) is 0.118. The van der Waals surface area contributed by atoms with Crippen LogP contribution in [0.2, 0.25) is 0 Å². The van der Waals surface area contributed by atoms with Gasteiger partial charge in [0.05, 0.1) is 11.2 Å². The summed E-state index contributed by atoms with van der Waals surface area (Å²) in [6, 6.07) is 5.22. The zero-order chi connectivity index (χ0) is 18.8. The normalized spacial score (nSPS) is 10.9. The van der Waals surface area contributed by atoms with Crippen LogP contribution in [0.3, 0.4) is 0 Å². The van der Waals surface area contributed by atoms with Crippen LogP contribution in [0, 0.1) is 0 Å². The third kappa shape index (κ3) is 3.27. The lowest BCUT2D eigenvalue weighted by Crippen LogP contribution is -2.28. The van der Waals surface area contributed by atoms with Gasteiger partial charge in [-0.1, -0.05) is 0 Å². The molecule has 3 heterocycles. The number of nitrogens with one attached hydrogen (secondary N) is 4. The fourth-order valence-corrected chi connectivity index (χ4v) is 2.72. The third-order valence-electron chi connectivity index (χ3n) is 3.89. The number of imidazole rings is 1. The maximum atomic E-state index is 11.8. The van der Waals surface area contributed by atoms with E-state index in [0.29, 0.717) is 23.5 Å². The molecular weight excluding hydrogens is 348 g/mol. The Morgan fingerprint density at radius 1 is 1.30 bits per heavy atom. The molecular formula is C17H16N8O2. The second-order valence-corrected chi connectivity index (χ2v) is 5.72. The third-order valence-corrected chi connectivity index (χ3v) is 3.89. The average Bonchev–Trinajstić information content (AvgIpc) is 3.31. The van der Waals surface area contributed by atoms with Crippen molar-refractivity contribution in [2.45, 2.75) is 6.92 Å². The van der Waals surface area contributed by atoms with Gasteiger partial charge in [-0.05, 0) is 30.7 Å². The summed E-state index contributed by atoms with van der Waals surface area (Å²) in [5.41, 5.74) is 3.20. The zero-order valence-electron chi connectivity index (χ0n) is 14.4. The average molecular weight is 364 g/mol. The van der Waals surface area contributed by atoms with Crippen molar-refractivity contribution in [2.75, 3.05) is 11.9 Å². The summed E-state index contributed by atoms with van der Waals surface area (Å²) < 4.78 is 1.68. The number of amides is 2. The number of urea groups is 1. The molecule has 1 aromatic carbocycles. The Hall–Kier alpha value is -3.95. The Balaban J connectivity index is 1.85. The number of H-pyrrole nitrogens is 2. The number of fused-ring (bicyclic) bond motifs is 1. The van der Waals surface area contributed by atoms with Crippen LogP contribution in [0.1, 0.15) is 6.92 Å². The summed E-state index contributed by atoms with van der Waals surface area (Å²) >= 11 is 0. The number of rotatable bonds is 4. The molecule has 0 aliphatic rings. The Bertz CT molecular complexity index is 1140. The highest BCUT2D eigenvalue weighted by Gasteiger charge is 2.14. The van der Waals surface area contributed by atoms with Crippen molar-refractivity contribution < 1.29 is 4.79 Å². The Morgan fingerprint density at radius 3 is 2.89 bits per heavy atom. The lowest BCUT2D eigenvalue weighted by atomic mass is 10.1. The number of aromatic amines is 2. The fourth-order valence-electron chi connectivity index (χ4n) is 2.72. The van der Waals surface area contributed by atoms with E-state index < -0.39 is 5.69 Å². The molecule has 0 saturated heterocycles. The lowest BCUT2D eigenvalue weighted by molar-refractivity contribution is 0.252. The molecule has 0 unspecified atom stereocenters. The van der Waals surface area contributed by atoms with E-state index in [1.807, 2.05) is 19.1 Å². The molecule has 4 aromatic rings. The van der Waals surface area contributed by atoms with Crippen LogP contribution >= 0.6 is 0 Å². The molecule has 0 bridgehead atoms. The van der Waals surface area contributed by atoms with E-state index in [1.54, 1.807) is 29.3 Å². The van der Waals surface area contributed by atoms with Gasteiger partial charge in [-0.15, -0.1) is 0 Å². The van der Waals surface area contributed by atoms with Gasteiger partial charge in [-0.2, -0.15) is 5.10 Å². The van der Waals surface area contributed by atoms with Gasteiger partial charge in [0.15, 0.2) is 0 Å². The minimum atomic E-state index is -0.415. The second-order valence-electron chi connectivity index (χ2n) is 5.72. The zero-order valence-corrected chi connectivity index (χ0v) is 14.4. The van der Waals surface area contributed by atoms with Crippen molar-refractivity contribution in [1.29, 1.82) is 0 Å². The quantitative estimate of drug-likeness (QED) is 0.437. The van der Waals surface area contributed by atoms with Gasteiger partial charge in [-0.3, -0.25) is 5.32 Å². The summed E-state index contributed by atoms with van der Waals surface area (Å²) in [6.07, 6.45) is 6.56. The van der Waals surface area contributed by atoms with Crippen molar-refractivity contribution in [3.05, 3.63) is 53.5 Å². The molecule has 4 rings (SSSR count). The number of hydrogen-bond acceptors (Lipinski definition) is 5. The van der Waals surface area contributed by atoms with Gasteiger partial charge in [0.25, 0.3) is 0 Å². The topological polar surface area (TPSA) is 133 Å². The van der Waals surface area contributed by atoms with Crippen LogP contribution in [0.5, 0.6) is 0 Å².